The minimum Gasteiger partial charge on any atom is -0.461 e. The Kier molecular flexibility index (Phi) is 10.7. The summed E-state index contributed by atoms with van der Waals surface area (Å²) >= 11 is 0. The zero-order valence-corrected chi connectivity index (χ0v) is 34.4. The average molecular weight is 827 g/mol. The van der Waals surface area contributed by atoms with Gasteiger partial charge in [0.15, 0.2) is 12.6 Å². The molecule has 8 aliphatic rings. The maximum atomic E-state index is 13.7. The molecule has 7 fully saturated rings. The van der Waals surface area contributed by atoms with Crippen LogP contribution in [0.4, 0.5) is 0 Å². The fraction of sp³-hybridized carbons (Fsp3) is 0.929. The van der Waals surface area contributed by atoms with E-state index in [2.05, 4.69) is 40.7 Å². The second-order valence-electron chi connectivity index (χ2n) is 20.9. The second-order valence-corrected chi connectivity index (χ2v) is 20.9. The molecule has 3 aliphatic heterocycles. The minimum absolute atomic E-state index is 0.0110. The van der Waals surface area contributed by atoms with Gasteiger partial charge in [0.1, 0.15) is 60.4 Å². The molecule has 0 unspecified atom stereocenters. The van der Waals surface area contributed by atoms with E-state index >= 15 is 0 Å². The molecule has 1 spiro atoms. The van der Waals surface area contributed by atoms with Crippen molar-refractivity contribution < 1.29 is 79.5 Å². The summed E-state index contributed by atoms with van der Waals surface area (Å²) < 4.78 is 29.5. The Balaban J connectivity index is 1.07. The molecule has 0 radical (unpaired) electrons. The van der Waals surface area contributed by atoms with Gasteiger partial charge in [0.25, 0.3) is 0 Å². The van der Waals surface area contributed by atoms with Gasteiger partial charge in [-0.3, -0.25) is 4.79 Å². The lowest BCUT2D eigenvalue weighted by molar-refractivity contribution is -0.375. The second kappa shape index (κ2) is 14.3. The Morgan fingerprint density at radius 2 is 1.38 bits per heavy atom. The first-order valence-corrected chi connectivity index (χ1v) is 21.2. The van der Waals surface area contributed by atoms with E-state index in [9.17, 15) is 55.9 Å². The van der Waals surface area contributed by atoms with Crippen molar-refractivity contribution in [3.8, 4) is 0 Å². The Bertz CT molecular complexity index is 1620. The quantitative estimate of drug-likeness (QED) is 0.0860. The lowest BCUT2D eigenvalue weighted by atomic mass is 9.33. The van der Waals surface area contributed by atoms with Crippen molar-refractivity contribution in [2.45, 2.75) is 172 Å². The highest BCUT2D eigenvalue weighted by molar-refractivity contribution is 5.82. The highest BCUT2D eigenvalue weighted by Crippen LogP contribution is 2.76. The predicted molar refractivity (Wildman–Crippen MR) is 200 cm³/mol. The summed E-state index contributed by atoms with van der Waals surface area (Å²) in [6.07, 6.45) is -13.5. The fourth-order valence-electron chi connectivity index (χ4n) is 14.3. The van der Waals surface area contributed by atoms with Crippen LogP contribution in [0.25, 0.3) is 0 Å². The van der Waals surface area contributed by atoms with Crippen molar-refractivity contribution in [2.75, 3.05) is 19.8 Å². The van der Waals surface area contributed by atoms with E-state index in [-0.39, 0.29) is 47.1 Å². The summed E-state index contributed by atoms with van der Waals surface area (Å²) in [5, 5.41) is 109. The third-order valence-corrected chi connectivity index (χ3v) is 17.8. The number of fused-ring (bicyclic) bond motifs is 7. The molecule has 10 N–H and O–H groups in total. The topological polar surface area (TPSA) is 266 Å². The average Bonchev–Trinajstić information content (AvgIpc) is 3.49. The van der Waals surface area contributed by atoms with Crippen LogP contribution >= 0.6 is 0 Å². The van der Waals surface area contributed by atoms with Crippen molar-refractivity contribution >= 4 is 5.97 Å². The van der Waals surface area contributed by atoms with E-state index in [1.54, 1.807) is 0 Å². The van der Waals surface area contributed by atoms with Crippen LogP contribution < -0.4 is 0 Å². The van der Waals surface area contributed by atoms with Crippen LogP contribution in [0.1, 0.15) is 86.5 Å². The first-order valence-electron chi connectivity index (χ1n) is 21.2. The Morgan fingerprint density at radius 3 is 2.02 bits per heavy atom. The number of carbonyl (C=O) groups is 1. The van der Waals surface area contributed by atoms with Crippen molar-refractivity contribution in [1.82, 2.24) is 0 Å². The Morgan fingerprint density at radius 1 is 0.741 bits per heavy atom. The van der Waals surface area contributed by atoms with Crippen LogP contribution in [0.15, 0.2) is 11.6 Å². The summed E-state index contributed by atoms with van der Waals surface area (Å²) in [5.41, 5.74) is -2.41. The molecule has 5 aliphatic carbocycles. The van der Waals surface area contributed by atoms with Crippen LogP contribution in [0.2, 0.25) is 0 Å². The van der Waals surface area contributed by atoms with Crippen LogP contribution in [0.3, 0.4) is 0 Å². The molecule has 58 heavy (non-hydrogen) atoms. The molecule has 330 valence electrons. The van der Waals surface area contributed by atoms with Gasteiger partial charge in [-0.15, -0.1) is 0 Å². The van der Waals surface area contributed by atoms with E-state index in [1.165, 1.54) is 5.57 Å². The normalized spacial score (nSPS) is 57.3. The molecule has 0 amide bonds. The summed E-state index contributed by atoms with van der Waals surface area (Å²) in [4.78, 5) is 13.7. The van der Waals surface area contributed by atoms with Gasteiger partial charge in [0.2, 0.25) is 0 Å². The summed E-state index contributed by atoms with van der Waals surface area (Å²) in [6.45, 7) is 11.0. The third-order valence-electron chi connectivity index (χ3n) is 17.8. The van der Waals surface area contributed by atoms with Gasteiger partial charge >= 0.3 is 5.97 Å². The number of rotatable bonds is 7. The van der Waals surface area contributed by atoms with Crippen molar-refractivity contribution in [3.63, 3.8) is 0 Å². The lowest BCUT2D eigenvalue weighted by Gasteiger charge is -2.72. The van der Waals surface area contributed by atoms with Crippen LogP contribution in [-0.4, -0.2) is 163 Å². The van der Waals surface area contributed by atoms with Gasteiger partial charge < -0.3 is 74.7 Å². The number of allylic oxidation sites excluding steroid dienone is 2. The zero-order valence-electron chi connectivity index (χ0n) is 34.4. The van der Waals surface area contributed by atoms with Crippen LogP contribution in [-0.2, 0) is 28.5 Å². The Labute approximate surface area is 339 Å². The molecule has 3 heterocycles. The summed E-state index contributed by atoms with van der Waals surface area (Å²) in [5.74, 6) is -0.628. The Hall–Kier alpha value is -1.35. The molecule has 22 atom stereocenters. The maximum Gasteiger partial charge on any atom is 0.315 e. The standard InChI is InChI=1S/C42H66O16/c1-37(2)11-19-18-7-8-24-38(3)12-20(46)33(58-35-31(52)32(28(49)22(16-44)55-35)57-34-30(51)29(50)27(48)21(15-43)54-34)39(4,17-45)23(38)9-10-40(24,5)41(18,6)13-25(47)42(19)14-26(37)56-36(42)53/h7,19-35,43-52H,8-17H2,1-6H3/t19-,20-,21+,22+,23+,24+,25-,26-,27+,28+,29-,30+,31+,32-,33-,34-,35-,38-,39-,40+,41+,42+/m0/s1. The fourth-order valence-corrected chi connectivity index (χ4v) is 14.3. The summed E-state index contributed by atoms with van der Waals surface area (Å²) in [7, 11) is 0. The largest absolute Gasteiger partial charge is 0.461 e. The molecule has 0 aromatic carbocycles. The highest BCUT2D eigenvalue weighted by Gasteiger charge is 2.75. The number of ether oxygens (including phenoxy) is 5. The maximum absolute atomic E-state index is 13.7. The van der Waals surface area contributed by atoms with Gasteiger partial charge in [-0.1, -0.05) is 53.2 Å². The number of esters is 1. The van der Waals surface area contributed by atoms with E-state index in [1.807, 2.05) is 6.92 Å². The van der Waals surface area contributed by atoms with E-state index < -0.39 is 121 Å². The van der Waals surface area contributed by atoms with Crippen LogP contribution in [0.5, 0.6) is 0 Å². The van der Waals surface area contributed by atoms with E-state index in [0.717, 1.165) is 12.8 Å². The van der Waals surface area contributed by atoms with Crippen LogP contribution in [0, 0.1) is 50.2 Å². The van der Waals surface area contributed by atoms with E-state index in [4.69, 9.17) is 23.7 Å². The molecule has 16 heteroatoms. The molecule has 0 aromatic rings. The van der Waals surface area contributed by atoms with Gasteiger partial charge in [0.05, 0.1) is 38.1 Å². The number of aliphatic hydroxyl groups excluding tert-OH is 10. The molecule has 8 rings (SSSR count). The lowest BCUT2D eigenvalue weighted by Crippen LogP contribution is -2.70. The highest BCUT2D eigenvalue weighted by atomic mass is 16.7. The molecule has 3 saturated heterocycles. The summed E-state index contributed by atoms with van der Waals surface area (Å²) in [6, 6.07) is 0. The molecular formula is C42H66O16. The third kappa shape index (κ3) is 5.73. The monoisotopic (exact) mass is 826 g/mol. The van der Waals surface area contributed by atoms with Crippen molar-refractivity contribution in [1.29, 1.82) is 0 Å². The van der Waals surface area contributed by atoms with Crippen molar-refractivity contribution in [3.05, 3.63) is 11.6 Å². The van der Waals surface area contributed by atoms with E-state index in [0.29, 0.717) is 25.7 Å². The smallest absolute Gasteiger partial charge is 0.315 e. The predicted octanol–water partition coefficient (Wildman–Crippen LogP) is -0.753. The van der Waals surface area contributed by atoms with Gasteiger partial charge in [0, 0.05) is 17.3 Å². The molecule has 0 aromatic heterocycles. The molecule has 16 nitrogen and oxygen atoms in total. The van der Waals surface area contributed by atoms with Crippen molar-refractivity contribution in [2.24, 2.45) is 50.2 Å². The van der Waals surface area contributed by atoms with Gasteiger partial charge in [-0.05, 0) is 72.5 Å². The molecule has 4 saturated carbocycles. The van der Waals surface area contributed by atoms with Gasteiger partial charge in [-0.2, -0.15) is 0 Å². The van der Waals surface area contributed by atoms with Gasteiger partial charge in [-0.25, -0.2) is 0 Å². The molecular weight excluding hydrogens is 760 g/mol. The first-order chi connectivity index (χ1) is 27.1. The number of hydrogen-bond acceptors (Lipinski definition) is 16. The molecule has 2 bridgehead atoms. The zero-order chi connectivity index (χ0) is 42.3. The number of aliphatic hydroxyl groups is 10. The first kappa shape index (κ1) is 43.3. The minimum atomic E-state index is -1.84. The SMILES string of the molecule is CC1(C)C[C@H]2C3=CC[C@@H]4[C@@]5(C)C[C@H](O)[C@H](O[C@@H]6O[C@H](CO)[C@@H](O)[C@H](O[C@@H]7O[C@H](CO)[C@@H](O)[C@H](O)[C@H]7O)[C@H]6O)[C@@](C)(CO)[C@@H]5CC[C@@]4(C)[C@]3(C)C[C@H](O)[C@@]23C[C@@H]1OC3=O. The number of carbonyl (C=O) groups excluding carboxylic acids is 1. The number of hydrogen-bond donors (Lipinski definition) is 10.